The van der Waals surface area contributed by atoms with Crippen molar-refractivity contribution in [2.24, 2.45) is 0 Å². The molecule has 0 amide bonds. The highest BCUT2D eigenvalue weighted by Crippen LogP contribution is 2.36. The molecule has 3 rings (SSSR count). The van der Waals surface area contributed by atoms with Crippen molar-refractivity contribution in [3.8, 4) is 0 Å². The first kappa shape index (κ1) is 19.9. The summed E-state index contributed by atoms with van der Waals surface area (Å²) >= 11 is 0. The second-order valence-corrected chi connectivity index (χ2v) is 9.69. The molecule has 0 aliphatic rings. The summed E-state index contributed by atoms with van der Waals surface area (Å²) in [5, 5.41) is 6.26. The van der Waals surface area contributed by atoms with Crippen molar-refractivity contribution in [3.05, 3.63) is 66.4 Å². The fraction of sp³-hybridized carbons (Fsp3) is 0.158. The molecule has 0 spiro atoms. The fourth-order valence-electron chi connectivity index (χ4n) is 2.44. The molecule has 0 aliphatic carbocycles. The molecule has 1 aromatic heterocycles. The van der Waals surface area contributed by atoms with Gasteiger partial charge in [0.25, 0.3) is 0 Å². The topological polar surface area (TPSA) is 66.9 Å². The van der Waals surface area contributed by atoms with E-state index in [9.17, 15) is 17.7 Å². The van der Waals surface area contributed by atoms with Crippen LogP contribution in [0.2, 0.25) is 0 Å². The number of benzene rings is 2. The summed E-state index contributed by atoms with van der Waals surface area (Å²) in [6, 6.07) is 15.2. The molecule has 0 unspecified atom stereocenters. The van der Waals surface area contributed by atoms with E-state index in [4.69, 9.17) is 0 Å². The summed E-state index contributed by atoms with van der Waals surface area (Å²) in [5.74, 6) is -0.338. The SMILES string of the molecule is CP(C)(=O)c1ccc(Nc2ncc(C(F)(F)F)c(Nc3ccccc3)n2)cc1. The summed E-state index contributed by atoms with van der Waals surface area (Å²) in [5.41, 5.74) is 0.0847. The normalized spacial score (nSPS) is 11.9. The van der Waals surface area contributed by atoms with Crippen LogP contribution in [0.5, 0.6) is 0 Å². The number of alkyl halides is 3. The van der Waals surface area contributed by atoms with Crippen LogP contribution in [0, 0.1) is 0 Å². The van der Waals surface area contributed by atoms with Gasteiger partial charge in [-0.3, -0.25) is 0 Å². The van der Waals surface area contributed by atoms with Crippen molar-refractivity contribution < 1.29 is 17.7 Å². The van der Waals surface area contributed by atoms with Crippen LogP contribution in [0.1, 0.15) is 5.56 Å². The molecule has 5 nitrogen and oxygen atoms in total. The van der Waals surface area contributed by atoms with Gasteiger partial charge in [0, 0.05) is 22.9 Å². The van der Waals surface area contributed by atoms with E-state index in [1.807, 2.05) is 0 Å². The van der Waals surface area contributed by atoms with Crippen LogP contribution < -0.4 is 15.9 Å². The largest absolute Gasteiger partial charge is 0.421 e. The number of anilines is 4. The third kappa shape index (κ3) is 4.89. The second-order valence-electron chi connectivity index (χ2n) is 6.47. The number of rotatable bonds is 5. The minimum Gasteiger partial charge on any atom is -0.340 e. The average molecular weight is 406 g/mol. The molecule has 0 saturated heterocycles. The minimum absolute atomic E-state index is 0.00959. The van der Waals surface area contributed by atoms with E-state index in [-0.39, 0.29) is 11.8 Å². The molecule has 146 valence electrons. The van der Waals surface area contributed by atoms with E-state index < -0.39 is 18.9 Å². The molecule has 0 radical (unpaired) electrons. The lowest BCUT2D eigenvalue weighted by molar-refractivity contribution is -0.137. The number of hydrogen-bond acceptors (Lipinski definition) is 5. The Morgan fingerprint density at radius 2 is 1.50 bits per heavy atom. The Bertz CT molecular complexity index is 1000. The Morgan fingerprint density at radius 1 is 0.893 bits per heavy atom. The van der Waals surface area contributed by atoms with Gasteiger partial charge in [-0.15, -0.1) is 0 Å². The third-order valence-electron chi connectivity index (χ3n) is 3.88. The molecule has 0 bridgehead atoms. The molecule has 0 saturated carbocycles. The van der Waals surface area contributed by atoms with Crippen molar-refractivity contribution >= 4 is 35.6 Å². The van der Waals surface area contributed by atoms with Gasteiger partial charge in [0.05, 0.1) is 0 Å². The summed E-state index contributed by atoms with van der Waals surface area (Å²) in [7, 11) is -2.39. The maximum atomic E-state index is 13.3. The highest BCUT2D eigenvalue weighted by molar-refractivity contribution is 7.70. The molecule has 1 heterocycles. The van der Waals surface area contributed by atoms with Crippen LogP contribution in [0.3, 0.4) is 0 Å². The molecule has 2 N–H and O–H groups in total. The zero-order chi connectivity index (χ0) is 20.4. The summed E-state index contributed by atoms with van der Waals surface area (Å²) < 4.78 is 52.0. The Hall–Kier alpha value is -2.86. The zero-order valence-electron chi connectivity index (χ0n) is 15.2. The van der Waals surface area contributed by atoms with Crippen molar-refractivity contribution in [2.75, 3.05) is 24.0 Å². The monoisotopic (exact) mass is 406 g/mol. The van der Waals surface area contributed by atoms with E-state index in [1.54, 1.807) is 67.9 Å². The van der Waals surface area contributed by atoms with Gasteiger partial charge in [-0.25, -0.2) is 4.98 Å². The fourth-order valence-corrected chi connectivity index (χ4v) is 3.30. The number of hydrogen-bond donors (Lipinski definition) is 2. The van der Waals surface area contributed by atoms with Crippen LogP contribution in [0.25, 0.3) is 0 Å². The molecular formula is C19H18F3N4OP. The number of halogens is 3. The Balaban J connectivity index is 1.90. The van der Waals surface area contributed by atoms with Crippen LogP contribution >= 0.6 is 7.14 Å². The summed E-state index contributed by atoms with van der Waals surface area (Å²) in [4.78, 5) is 7.77. The smallest absolute Gasteiger partial charge is 0.340 e. The standard InChI is InChI=1S/C19H18F3N4OP/c1-28(2,27)15-10-8-14(9-11-15)25-18-23-12-16(19(20,21)22)17(26-18)24-13-6-4-3-5-7-13/h3-12H,1-2H3,(H2,23,24,25,26). The van der Waals surface area contributed by atoms with E-state index in [2.05, 4.69) is 20.6 Å². The zero-order valence-corrected chi connectivity index (χ0v) is 16.1. The average Bonchev–Trinajstić information content (AvgIpc) is 2.61. The first-order chi connectivity index (χ1) is 13.1. The van der Waals surface area contributed by atoms with Crippen LogP contribution in [-0.2, 0) is 10.7 Å². The summed E-state index contributed by atoms with van der Waals surface area (Å²) in [6.45, 7) is 3.33. The van der Waals surface area contributed by atoms with Crippen molar-refractivity contribution in [3.63, 3.8) is 0 Å². The van der Waals surface area contributed by atoms with Crippen LogP contribution in [0.15, 0.2) is 60.8 Å². The highest BCUT2D eigenvalue weighted by atomic mass is 31.2. The van der Waals surface area contributed by atoms with Gasteiger partial charge in [0.15, 0.2) is 0 Å². The maximum Gasteiger partial charge on any atom is 0.421 e. The Kier molecular flexibility index (Phi) is 5.42. The van der Waals surface area contributed by atoms with E-state index in [0.29, 0.717) is 16.7 Å². The molecule has 0 fully saturated rings. The van der Waals surface area contributed by atoms with E-state index in [0.717, 1.165) is 6.20 Å². The van der Waals surface area contributed by atoms with Crippen LogP contribution in [-0.4, -0.2) is 23.3 Å². The molecule has 0 aliphatic heterocycles. The van der Waals surface area contributed by atoms with Gasteiger partial charge in [0.1, 0.15) is 18.5 Å². The number of nitrogens with zero attached hydrogens (tertiary/aromatic N) is 2. The molecular weight excluding hydrogens is 388 g/mol. The van der Waals surface area contributed by atoms with Gasteiger partial charge >= 0.3 is 6.18 Å². The minimum atomic E-state index is -4.60. The predicted octanol–water partition coefficient (Wildman–Crippen LogP) is 5.23. The molecule has 2 aromatic carbocycles. The predicted molar refractivity (Wildman–Crippen MR) is 106 cm³/mol. The molecule has 28 heavy (non-hydrogen) atoms. The number of aromatic nitrogens is 2. The Morgan fingerprint density at radius 3 is 2.07 bits per heavy atom. The third-order valence-corrected chi connectivity index (χ3v) is 5.42. The van der Waals surface area contributed by atoms with E-state index >= 15 is 0 Å². The molecule has 3 aromatic rings. The lowest BCUT2D eigenvalue weighted by atomic mass is 10.2. The van der Waals surface area contributed by atoms with Crippen LogP contribution in [0.4, 0.5) is 36.3 Å². The number of para-hydroxylation sites is 1. The Labute approximate surface area is 160 Å². The van der Waals surface area contributed by atoms with Gasteiger partial charge in [-0.2, -0.15) is 18.2 Å². The lowest BCUT2D eigenvalue weighted by Gasteiger charge is -2.15. The van der Waals surface area contributed by atoms with Gasteiger partial charge in [0.2, 0.25) is 5.95 Å². The lowest BCUT2D eigenvalue weighted by Crippen LogP contribution is -2.12. The van der Waals surface area contributed by atoms with Gasteiger partial charge in [-0.1, -0.05) is 18.2 Å². The first-order valence-corrected chi connectivity index (χ1v) is 10.9. The quantitative estimate of drug-likeness (QED) is 0.568. The number of nitrogens with one attached hydrogen (secondary N) is 2. The van der Waals surface area contributed by atoms with Crippen molar-refractivity contribution in [1.82, 2.24) is 9.97 Å². The van der Waals surface area contributed by atoms with E-state index in [1.165, 1.54) is 0 Å². The maximum absolute atomic E-state index is 13.3. The van der Waals surface area contributed by atoms with Crippen molar-refractivity contribution in [1.29, 1.82) is 0 Å². The van der Waals surface area contributed by atoms with Crippen molar-refractivity contribution in [2.45, 2.75) is 6.18 Å². The molecule has 0 atom stereocenters. The second kappa shape index (κ2) is 7.64. The first-order valence-electron chi connectivity index (χ1n) is 8.32. The highest BCUT2D eigenvalue weighted by Gasteiger charge is 2.35. The van der Waals surface area contributed by atoms with Gasteiger partial charge in [-0.05, 0) is 49.7 Å². The van der Waals surface area contributed by atoms with Gasteiger partial charge < -0.3 is 15.2 Å². The molecule has 9 heteroatoms. The summed E-state index contributed by atoms with van der Waals surface area (Å²) in [6.07, 6.45) is -3.86.